The zero-order chi connectivity index (χ0) is 13.8. The summed E-state index contributed by atoms with van der Waals surface area (Å²) >= 11 is 4.89. The normalized spacial score (nSPS) is 23.4. The summed E-state index contributed by atoms with van der Waals surface area (Å²) in [4.78, 5) is 18.3. The van der Waals surface area contributed by atoms with E-state index in [4.69, 9.17) is 4.74 Å². The maximum Gasteiger partial charge on any atom is 0.233 e. The van der Waals surface area contributed by atoms with Crippen molar-refractivity contribution in [3.63, 3.8) is 0 Å². The van der Waals surface area contributed by atoms with Crippen LogP contribution in [-0.4, -0.2) is 46.8 Å². The number of carbonyl (C=O) groups excluding carboxylic acids is 1. The third kappa shape index (κ3) is 4.19. The van der Waals surface area contributed by atoms with Crippen LogP contribution < -0.4 is 0 Å². The van der Waals surface area contributed by atoms with E-state index in [1.807, 2.05) is 30.9 Å². The van der Waals surface area contributed by atoms with E-state index in [1.54, 1.807) is 6.20 Å². The summed E-state index contributed by atoms with van der Waals surface area (Å²) in [6.07, 6.45) is 1.95. The average Bonchev–Trinajstić information content (AvgIpc) is 2.36. The molecule has 4 nitrogen and oxygen atoms in total. The first-order chi connectivity index (χ1) is 9.06. The van der Waals surface area contributed by atoms with Crippen LogP contribution in [0.25, 0.3) is 0 Å². The molecule has 6 heteroatoms. The molecule has 0 radical (unpaired) electrons. The maximum absolute atomic E-state index is 12.2. The van der Waals surface area contributed by atoms with Crippen LogP contribution in [-0.2, 0) is 9.53 Å². The Morgan fingerprint density at radius 3 is 2.84 bits per heavy atom. The van der Waals surface area contributed by atoms with Crippen LogP contribution >= 0.6 is 27.7 Å². The molecule has 0 unspecified atom stereocenters. The number of pyridine rings is 1. The highest BCUT2D eigenvalue weighted by Gasteiger charge is 2.25. The predicted octanol–water partition coefficient (Wildman–Crippen LogP) is 2.57. The monoisotopic (exact) mass is 344 g/mol. The van der Waals surface area contributed by atoms with E-state index in [0.29, 0.717) is 18.8 Å². The van der Waals surface area contributed by atoms with Gasteiger partial charge in [0.25, 0.3) is 0 Å². The van der Waals surface area contributed by atoms with Crippen LogP contribution in [0.1, 0.15) is 13.8 Å². The van der Waals surface area contributed by atoms with Gasteiger partial charge in [0.1, 0.15) is 5.03 Å². The van der Waals surface area contributed by atoms with Gasteiger partial charge in [-0.2, -0.15) is 0 Å². The molecule has 1 aliphatic rings. The molecule has 1 fully saturated rings. The molecular weight excluding hydrogens is 328 g/mol. The van der Waals surface area contributed by atoms with Crippen molar-refractivity contribution in [1.29, 1.82) is 0 Å². The number of hydrogen-bond donors (Lipinski definition) is 0. The summed E-state index contributed by atoms with van der Waals surface area (Å²) in [6.45, 7) is 5.34. The van der Waals surface area contributed by atoms with Crippen LogP contribution in [0.15, 0.2) is 27.8 Å². The molecule has 0 aromatic carbocycles. The molecule has 1 amide bonds. The van der Waals surface area contributed by atoms with Gasteiger partial charge in [0.15, 0.2) is 0 Å². The number of ether oxygens (including phenoxy) is 1. The van der Waals surface area contributed by atoms with Gasteiger partial charge in [-0.1, -0.05) is 11.8 Å². The number of halogens is 1. The summed E-state index contributed by atoms with van der Waals surface area (Å²) in [5, 5.41) is 0.852. The number of rotatable bonds is 3. The Kier molecular flexibility index (Phi) is 5.24. The minimum atomic E-state index is 0.110. The first kappa shape index (κ1) is 14.8. The van der Waals surface area contributed by atoms with Crippen LogP contribution in [0.3, 0.4) is 0 Å². The van der Waals surface area contributed by atoms with Crippen molar-refractivity contribution in [3.05, 3.63) is 22.8 Å². The molecule has 0 N–H and O–H groups in total. The van der Waals surface area contributed by atoms with Crippen LogP contribution in [0.5, 0.6) is 0 Å². The molecule has 0 bridgehead atoms. The molecule has 0 spiro atoms. The molecule has 2 rings (SSSR count). The van der Waals surface area contributed by atoms with Gasteiger partial charge in [0, 0.05) is 23.8 Å². The van der Waals surface area contributed by atoms with Crippen molar-refractivity contribution >= 4 is 33.6 Å². The van der Waals surface area contributed by atoms with Gasteiger partial charge < -0.3 is 9.64 Å². The highest BCUT2D eigenvalue weighted by atomic mass is 79.9. The molecule has 0 saturated carbocycles. The van der Waals surface area contributed by atoms with Gasteiger partial charge in [-0.15, -0.1) is 0 Å². The topological polar surface area (TPSA) is 42.4 Å². The fraction of sp³-hybridized carbons (Fsp3) is 0.538. The lowest BCUT2D eigenvalue weighted by Gasteiger charge is -2.35. The first-order valence-electron chi connectivity index (χ1n) is 6.23. The Balaban J connectivity index is 1.89. The highest BCUT2D eigenvalue weighted by Crippen LogP contribution is 2.25. The smallest absolute Gasteiger partial charge is 0.233 e. The van der Waals surface area contributed by atoms with Crippen molar-refractivity contribution in [2.75, 3.05) is 18.8 Å². The second kappa shape index (κ2) is 6.72. The van der Waals surface area contributed by atoms with Gasteiger partial charge >= 0.3 is 0 Å². The van der Waals surface area contributed by atoms with Gasteiger partial charge in [-0.05, 0) is 41.9 Å². The Morgan fingerprint density at radius 2 is 2.21 bits per heavy atom. The lowest BCUT2D eigenvalue weighted by atomic mass is 10.2. The van der Waals surface area contributed by atoms with E-state index >= 15 is 0 Å². The third-order valence-electron chi connectivity index (χ3n) is 2.83. The first-order valence-corrected chi connectivity index (χ1v) is 8.00. The van der Waals surface area contributed by atoms with E-state index in [1.165, 1.54) is 11.8 Å². The molecule has 2 heterocycles. The van der Waals surface area contributed by atoms with Crippen molar-refractivity contribution < 1.29 is 9.53 Å². The maximum atomic E-state index is 12.2. The van der Waals surface area contributed by atoms with E-state index in [2.05, 4.69) is 20.9 Å². The summed E-state index contributed by atoms with van der Waals surface area (Å²) in [5.41, 5.74) is 0. The number of hydrogen-bond acceptors (Lipinski definition) is 4. The SMILES string of the molecule is C[C@@H]1CN(C(=O)CSc2ncccc2Br)C[C@H](C)O1. The second-order valence-electron chi connectivity index (χ2n) is 4.64. The number of amides is 1. The molecule has 1 aliphatic heterocycles. The lowest BCUT2D eigenvalue weighted by Crippen LogP contribution is -2.48. The quantitative estimate of drug-likeness (QED) is 0.790. The largest absolute Gasteiger partial charge is 0.372 e. The molecule has 104 valence electrons. The molecule has 1 aromatic rings. The summed E-state index contributed by atoms with van der Waals surface area (Å²) in [5.74, 6) is 0.555. The van der Waals surface area contributed by atoms with Crippen molar-refractivity contribution in [1.82, 2.24) is 9.88 Å². The van der Waals surface area contributed by atoms with E-state index < -0.39 is 0 Å². The fourth-order valence-electron chi connectivity index (χ4n) is 2.08. The number of nitrogens with zero attached hydrogens (tertiary/aromatic N) is 2. The van der Waals surface area contributed by atoms with Crippen LogP contribution in [0.2, 0.25) is 0 Å². The average molecular weight is 345 g/mol. The minimum absolute atomic E-state index is 0.110. The second-order valence-corrected chi connectivity index (χ2v) is 6.45. The zero-order valence-electron chi connectivity index (χ0n) is 11.0. The Hall–Kier alpha value is -0.590. The molecule has 1 saturated heterocycles. The highest BCUT2D eigenvalue weighted by molar-refractivity contribution is 9.10. The molecule has 1 aromatic heterocycles. The van der Waals surface area contributed by atoms with Crippen molar-refractivity contribution in [2.24, 2.45) is 0 Å². The third-order valence-corrected chi connectivity index (χ3v) is 4.72. The van der Waals surface area contributed by atoms with Gasteiger partial charge in [-0.25, -0.2) is 4.98 Å². The fourth-order valence-corrected chi connectivity index (χ4v) is 3.46. The Bertz CT molecular complexity index is 448. The van der Waals surface area contributed by atoms with E-state index in [-0.39, 0.29) is 18.1 Å². The van der Waals surface area contributed by atoms with Crippen LogP contribution in [0.4, 0.5) is 0 Å². The number of thioether (sulfide) groups is 1. The summed E-state index contributed by atoms with van der Waals surface area (Å²) in [6, 6.07) is 3.79. The van der Waals surface area contributed by atoms with E-state index in [0.717, 1.165) is 9.50 Å². The molecular formula is C13H17BrN2O2S. The van der Waals surface area contributed by atoms with Crippen molar-refractivity contribution in [3.8, 4) is 0 Å². The molecule has 0 aliphatic carbocycles. The summed E-state index contributed by atoms with van der Waals surface area (Å²) in [7, 11) is 0. The molecule has 19 heavy (non-hydrogen) atoms. The van der Waals surface area contributed by atoms with Gasteiger partial charge in [-0.3, -0.25) is 4.79 Å². The number of carbonyl (C=O) groups is 1. The zero-order valence-corrected chi connectivity index (χ0v) is 13.4. The standard InChI is InChI=1S/C13H17BrN2O2S/c1-9-6-16(7-10(2)18-9)12(17)8-19-13-11(14)4-3-5-15-13/h3-5,9-10H,6-8H2,1-2H3/t9-,10+. The van der Waals surface area contributed by atoms with Crippen LogP contribution in [0, 0.1) is 0 Å². The van der Waals surface area contributed by atoms with Crippen molar-refractivity contribution in [2.45, 2.75) is 31.1 Å². The predicted molar refractivity (Wildman–Crippen MR) is 79.3 cm³/mol. The van der Waals surface area contributed by atoms with E-state index in [9.17, 15) is 4.79 Å². The lowest BCUT2D eigenvalue weighted by molar-refractivity contribution is -0.140. The minimum Gasteiger partial charge on any atom is -0.372 e. The number of aromatic nitrogens is 1. The Morgan fingerprint density at radius 1 is 1.53 bits per heavy atom. The molecule has 2 atom stereocenters. The Labute approximate surface area is 126 Å². The van der Waals surface area contributed by atoms with Gasteiger partial charge in [0.05, 0.1) is 18.0 Å². The van der Waals surface area contributed by atoms with Gasteiger partial charge in [0.2, 0.25) is 5.91 Å². The summed E-state index contributed by atoms with van der Waals surface area (Å²) < 4.78 is 6.56. The number of morpholine rings is 1.